The first-order valence-corrected chi connectivity index (χ1v) is 3.07. The van der Waals surface area contributed by atoms with Gasteiger partial charge in [-0.2, -0.15) is 0 Å². The number of amidine groups is 1. The summed E-state index contributed by atoms with van der Waals surface area (Å²) in [6.07, 6.45) is -0.644. The Labute approximate surface area is 55.8 Å². The fraction of sp³-hybridized carbons (Fsp3) is 0.833. The lowest BCUT2D eigenvalue weighted by atomic mass is 10.3. The van der Waals surface area contributed by atoms with Crippen LogP contribution in [0.1, 0.15) is 13.8 Å². The van der Waals surface area contributed by atoms with Crippen molar-refractivity contribution < 1.29 is 5.11 Å². The van der Waals surface area contributed by atoms with E-state index < -0.39 is 6.10 Å². The summed E-state index contributed by atoms with van der Waals surface area (Å²) in [5, 5.41) is 16.1. The minimum Gasteiger partial charge on any atom is -0.386 e. The van der Waals surface area contributed by atoms with E-state index in [1.54, 1.807) is 18.9 Å². The van der Waals surface area contributed by atoms with Crippen LogP contribution in [0.15, 0.2) is 0 Å². The van der Waals surface area contributed by atoms with Crippen molar-refractivity contribution in [1.82, 2.24) is 4.90 Å². The molecule has 0 saturated carbocycles. The topological polar surface area (TPSA) is 47.3 Å². The van der Waals surface area contributed by atoms with Gasteiger partial charge in [-0.1, -0.05) is 0 Å². The molecule has 0 aliphatic rings. The Kier molecular flexibility index (Phi) is 3.24. The van der Waals surface area contributed by atoms with Crippen LogP contribution in [0.2, 0.25) is 0 Å². The van der Waals surface area contributed by atoms with Crippen LogP contribution >= 0.6 is 0 Å². The van der Waals surface area contributed by atoms with Gasteiger partial charge in [0.1, 0.15) is 11.9 Å². The first kappa shape index (κ1) is 8.43. The molecule has 3 heteroatoms. The molecule has 0 saturated heterocycles. The Morgan fingerprint density at radius 1 is 1.78 bits per heavy atom. The average molecular weight is 130 g/mol. The second kappa shape index (κ2) is 3.45. The second-order valence-corrected chi connectivity index (χ2v) is 2.08. The number of aliphatic hydroxyl groups excluding tert-OH is 1. The summed E-state index contributed by atoms with van der Waals surface area (Å²) >= 11 is 0. The molecule has 0 fully saturated rings. The highest BCUT2D eigenvalue weighted by molar-refractivity contribution is 5.82. The molecule has 0 aromatic heterocycles. The van der Waals surface area contributed by atoms with Gasteiger partial charge in [-0.25, -0.2) is 0 Å². The molecule has 0 aliphatic carbocycles. The quantitative estimate of drug-likeness (QED) is 0.417. The Hall–Kier alpha value is -0.570. The lowest BCUT2D eigenvalue weighted by molar-refractivity contribution is 0.242. The van der Waals surface area contributed by atoms with Crippen LogP contribution < -0.4 is 0 Å². The van der Waals surface area contributed by atoms with Gasteiger partial charge in [0.25, 0.3) is 0 Å². The molecular formula is C6H14N2O. The summed E-state index contributed by atoms with van der Waals surface area (Å²) in [6, 6.07) is 0. The van der Waals surface area contributed by atoms with E-state index in [4.69, 9.17) is 10.5 Å². The number of aliphatic hydroxyl groups is 1. The Morgan fingerprint density at radius 3 is 2.33 bits per heavy atom. The molecule has 0 aliphatic heterocycles. The third-order valence-corrected chi connectivity index (χ3v) is 1.28. The summed E-state index contributed by atoms with van der Waals surface area (Å²) in [5.74, 6) is 0.275. The van der Waals surface area contributed by atoms with E-state index in [0.717, 1.165) is 6.54 Å². The SMILES string of the molecule is CCN(C)C(=N)C(C)O. The zero-order valence-corrected chi connectivity index (χ0v) is 6.18. The first-order chi connectivity index (χ1) is 4.09. The van der Waals surface area contributed by atoms with E-state index in [1.165, 1.54) is 0 Å². The predicted molar refractivity (Wildman–Crippen MR) is 37.7 cm³/mol. The highest BCUT2D eigenvalue weighted by Gasteiger charge is 2.06. The Morgan fingerprint density at radius 2 is 2.22 bits per heavy atom. The van der Waals surface area contributed by atoms with Gasteiger partial charge in [-0.05, 0) is 13.8 Å². The van der Waals surface area contributed by atoms with Crippen molar-refractivity contribution in [3.63, 3.8) is 0 Å². The maximum Gasteiger partial charge on any atom is 0.125 e. The minimum absolute atomic E-state index is 0.275. The normalized spacial score (nSPS) is 12.9. The number of likely N-dealkylation sites (N-methyl/N-ethyl adjacent to an activating group) is 1. The molecule has 0 radical (unpaired) electrons. The maximum absolute atomic E-state index is 8.86. The van der Waals surface area contributed by atoms with E-state index in [0.29, 0.717) is 0 Å². The summed E-state index contributed by atoms with van der Waals surface area (Å²) in [4.78, 5) is 1.70. The van der Waals surface area contributed by atoms with E-state index >= 15 is 0 Å². The monoisotopic (exact) mass is 130 g/mol. The van der Waals surface area contributed by atoms with Crippen LogP contribution in [0.3, 0.4) is 0 Å². The molecule has 0 amide bonds. The van der Waals surface area contributed by atoms with Crippen LogP contribution in [0, 0.1) is 5.41 Å². The van der Waals surface area contributed by atoms with Crippen molar-refractivity contribution in [1.29, 1.82) is 5.41 Å². The maximum atomic E-state index is 8.86. The highest BCUT2D eigenvalue weighted by atomic mass is 16.3. The predicted octanol–water partition coefficient (Wildman–Crippen LogP) is 0.296. The molecule has 0 spiro atoms. The van der Waals surface area contributed by atoms with Crippen molar-refractivity contribution in [2.75, 3.05) is 13.6 Å². The average Bonchev–Trinajstić information content (AvgIpc) is 1.84. The second-order valence-electron chi connectivity index (χ2n) is 2.08. The summed E-state index contributed by atoms with van der Waals surface area (Å²) in [6.45, 7) is 4.30. The number of hydrogen-bond acceptors (Lipinski definition) is 2. The Bertz CT molecular complexity index is 101. The number of hydrogen-bond donors (Lipinski definition) is 2. The highest BCUT2D eigenvalue weighted by Crippen LogP contribution is 1.89. The van der Waals surface area contributed by atoms with Crippen molar-refractivity contribution in [3.8, 4) is 0 Å². The van der Waals surface area contributed by atoms with Gasteiger partial charge in [0.15, 0.2) is 0 Å². The Balaban J connectivity index is 3.73. The molecule has 0 heterocycles. The molecule has 0 bridgehead atoms. The molecule has 54 valence electrons. The number of rotatable bonds is 2. The molecular weight excluding hydrogens is 116 g/mol. The summed E-state index contributed by atoms with van der Waals surface area (Å²) < 4.78 is 0. The lowest BCUT2D eigenvalue weighted by Crippen LogP contribution is -2.33. The number of nitrogens with zero attached hydrogens (tertiary/aromatic N) is 1. The van der Waals surface area contributed by atoms with Gasteiger partial charge in [0.2, 0.25) is 0 Å². The van der Waals surface area contributed by atoms with Crippen LogP contribution in [-0.4, -0.2) is 35.5 Å². The zero-order chi connectivity index (χ0) is 7.44. The van der Waals surface area contributed by atoms with Gasteiger partial charge in [0.05, 0.1) is 0 Å². The fourth-order valence-corrected chi connectivity index (χ4v) is 0.489. The molecule has 1 unspecified atom stereocenters. The fourth-order valence-electron chi connectivity index (χ4n) is 0.489. The van der Waals surface area contributed by atoms with Gasteiger partial charge >= 0.3 is 0 Å². The van der Waals surface area contributed by atoms with E-state index in [2.05, 4.69) is 0 Å². The zero-order valence-electron chi connectivity index (χ0n) is 6.18. The first-order valence-electron chi connectivity index (χ1n) is 3.07. The van der Waals surface area contributed by atoms with E-state index in [-0.39, 0.29) is 5.84 Å². The van der Waals surface area contributed by atoms with Crippen molar-refractivity contribution in [3.05, 3.63) is 0 Å². The number of nitrogens with one attached hydrogen (secondary N) is 1. The molecule has 0 rings (SSSR count). The standard InChI is InChI=1S/C6H14N2O/c1-4-8(3)6(7)5(2)9/h5,7,9H,4H2,1-3H3. The molecule has 3 nitrogen and oxygen atoms in total. The molecule has 0 aromatic carbocycles. The molecule has 9 heavy (non-hydrogen) atoms. The van der Waals surface area contributed by atoms with Gasteiger partial charge in [0, 0.05) is 13.6 Å². The van der Waals surface area contributed by atoms with Crippen LogP contribution in [0.25, 0.3) is 0 Å². The van der Waals surface area contributed by atoms with Crippen molar-refractivity contribution in [2.24, 2.45) is 0 Å². The lowest BCUT2D eigenvalue weighted by Gasteiger charge is -2.18. The van der Waals surface area contributed by atoms with Crippen molar-refractivity contribution >= 4 is 5.84 Å². The van der Waals surface area contributed by atoms with Gasteiger partial charge in [-0.3, -0.25) is 5.41 Å². The summed E-state index contributed by atoms with van der Waals surface area (Å²) in [5.41, 5.74) is 0. The molecule has 1 atom stereocenters. The van der Waals surface area contributed by atoms with Crippen LogP contribution in [-0.2, 0) is 0 Å². The third-order valence-electron chi connectivity index (χ3n) is 1.28. The van der Waals surface area contributed by atoms with Gasteiger partial charge < -0.3 is 10.0 Å². The summed E-state index contributed by atoms with van der Waals surface area (Å²) in [7, 11) is 1.79. The largest absolute Gasteiger partial charge is 0.386 e. The van der Waals surface area contributed by atoms with Crippen LogP contribution in [0.5, 0.6) is 0 Å². The van der Waals surface area contributed by atoms with E-state index in [1.807, 2.05) is 6.92 Å². The van der Waals surface area contributed by atoms with Gasteiger partial charge in [-0.15, -0.1) is 0 Å². The van der Waals surface area contributed by atoms with Crippen molar-refractivity contribution in [2.45, 2.75) is 20.0 Å². The third kappa shape index (κ3) is 2.46. The van der Waals surface area contributed by atoms with Crippen LogP contribution in [0.4, 0.5) is 0 Å². The molecule has 0 aromatic rings. The molecule has 2 N–H and O–H groups in total. The minimum atomic E-state index is -0.644. The smallest absolute Gasteiger partial charge is 0.125 e. The van der Waals surface area contributed by atoms with E-state index in [9.17, 15) is 0 Å².